The summed E-state index contributed by atoms with van der Waals surface area (Å²) in [6.07, 6.45) is 2.81. The molecule has 1 saturated carbocycles. The Labute approximate surface area is 141 Å². The highest BCUT2D eigenvalue weighted by Crippen LogP contribution is 2.25. The van der Waals surface area contributed by atoms with E-state index in [1.807, 2.05) is 0 Å². The fourth-order valence-corrected chi connectivity index (χ4v) is 3.49. The van der Waals surface area contributed by atoms with E-state index in [0.29, 0.717) is 23.6 Å². The Morgan fingerprint density at radius 2 is 2.10 bits per heavy atom. The third-order valence-electron chi connectivity index (χ3n) is 3.54. The molecule has 21 heavy (non-hydrogen) atoms. The molecule has 0 spiro atoms. The van der Waals surface area contributed by atoms with E-state index in [1.165, 1.54) is 0 Å². The molecule has 0 radical (unpaired) electrons. The molecule has 0 bridgehead atoms. The molecular weight excluding hydrogens is 407 g/mol. The van der Waals surface area contributed by atoms with Gasteiger partial charge >= 0.3 is 12.0 Å². The van der Waals surface area contributed by atoms with Crippen molar-refractivity contribution in [3.05, 3.63) is 26.8 Å². The van der Waals surface area contributed by atoms with Crippen LogP contribution in [0.4, 0.5) is 10.5 Å². The Kier molecular flexibility index (Phi) is 5.69. The van der Waals surface area contributed by atoms with Gasteiger partial charge in [0, 0.05) is 14.6 Å². The first kappa shape index (κ1) is 16.4. The summed E-state index contributed by atoms with van der Waals surface area (Å²) in [6, 6.07) is 4.81. The first-order valence-corrected chi connectivity index (χ1v) is 8.16. The Bertz CT molecular complexity index is 553. The normalized spacial score (nSPS) is 21.6. The second-order valence-corrected chi connectivity index (χ2v) is 6.72. The molecule has 2 atom stereocenters. The maximum Gasteiger partial charge on any atom is 0.319 e. The number of benzene rings is 1. The van der Waals surface area contributed by atoms with Gasteiger partial charge in [0.1, 0.15) is 0 Å². The van der Waals surface area contributed by atoms with Crippen LogP contribution in [0.3, 0.4) is 0 Å². The van der Waals surface area contributed by atoms with Crippen molar-refractivity contribution in [2.45, 2.75) is 31.7 Å². The molecule has 7 heteroatoms. The lowest BCUT2D eigenvalue weighted by atomic mass is 9.86. The maximum absolute atomic E-state index is 12.0. The smallest absolute Gasteiger partial charge is 0.319 e. The molecule has 2 rings (SSSR count). The van der Waals surface area contributed by atoms with Crippen LogP contribution in [0.2, 0.25) is 5.02 Å². The van der Waals surface area contributed by atoms with Crippen LogP contribution in [0.5, 0.6) is 0 Å². The number of amides is 2. The van der Waals surface area contributed by atoms with E-state index in [1.54, 1.807) is 18.2 Å². The van der Waals surface area contributed by atoms with Gasteiger partial charge in [0.15, 0.2) is 0 Å². The lowest BCUT2D eigenvalue weighted by molar-refractivity contribution is -0.143. The number of hydrogen-bond donors (Lipinski definition) is 3. The zero-order chi connectivity index (χ0) is 15.4. The van der Waals surface area contributed by atoms with Gasteiger partial charge in [-0.1, -0.05) is 18.0 Å². The molecule has 0 aromatic heterocycles. The highest BCUT2D eigenvalue weighted by atomic mass is 127. The number of halogens is 2. The largest absolute Gasteiger partial charge is 0.481 e. The van der Waals surface area contributed by atoms with E-state index in [4.69, 9.17) is 16.7 Å². The molecule has 1 aromatic rings. The van der Waals surface area contributed by atoms with Crippen LogP contribution in [0.1, 0.15) is 25.7 Å². The second-order valence-electron chi connectivity index (χ2n) is 5.12. The van der Waals surface area contributed by atoms with Crippen LogP contribution in [0.15, 0.2) is 18.2 Å². The quantitative estimate of drug-likeness (QED) is 0.650. The van der Waals surface area contributed by atoms with E-state index < -0.39 is 5.97 Å². The fourth-order valence-electron chi connectivity index (χ4n) is 2.48. The van der Waals surface area contributed by atoms with Crippen molar-refractivity contribution < 1.29 is 14.7 Å². The zero-order valence-corrected chi connectivity index (χ0v) is 14.1. The number of hydrogen-bond acceptors (Lipinski definition) is 2. The molecule has 0 aliphatic heterocycles. The van der Waals surface area contributed by atoms with Crippen LogP contribution in [-0.4, -0.2) is 23.1 Å². The molecule has 1 aliphatic carbocycles. The summed E-state index contributed by atoms with van der Waals surface area (Å²) in [5.74, 6) is -1.14. The molecule has 114 valence electrons. The minimum Gasteiger partial charge on any atom is -0.481 e. The van der Waals surface area contributed by atoms with Crippen molar-refractivity contribution >= 4 is 51.9 Å². The van der Waals surface area contributed by atoms with Gasteiger partial charge < -0.3 is 15.7 Å². The van der Waals surface area contributed by atoms with Crippen LogP contribution in [-0.2, 0) is 4.79 Å². The number of nitrogens with one attached hydrogen (secondary N) is 2. The number of carbonyl (C=O) groups excluding carboxylic acids is 1. The summed E-state index contributed by atoms with van der Waals surface area (Å²) in [5.41, 5.74) is 0.683. The standard InChI is InChI=1S/C14H16ClIN2O3/c15-9-4-5-12(11(16)7-9)18-14(21)17-10-3-1-2-8(6-10)13(19)20/h4-5,7-8,10H,1-3,6H2,(H,19,20)(H2,17,18,21). The number of aliphatic carboxylic acids is 1. The summed E-state index contributed by atoms with van der Waals surface area (Å²) < 4.78 is 0.849. The van der Waals surface area contributed by atoms with Gasteiger partial charge in [-0.3, -0.25) is 4.79 Å². The van der Waals surface area contributed by atoms with Gasteiger partial charge in [-0.25, -0.2) is 4.79 Å². The third-order valence-corrected chi connectivity index (χ3v) is 4.67. The predicted octanol–water partition coefficient (Wildman–Crippen LogP) is 3.71. The topological polar surface area (TPSA) is 78.4 Å². The van der Waals surface area contributed by atoms with Gasteiger partial charge in [0.2, 0.25) is 0 Å². The Morgan fingerprint density at radius 1 is 1.33 bits per heavy atom. The van der Waals surface area contributed by atoms with Crippen LogP contribution in [0.25, 0.3) is 0 Å². The maximum atomic E-state index is 12.0. The van der Waals surface area contributed by atoms with Gasteiger partial charge in [0.25, 0.3) is 0 Å². The number of urea groups is 1. The summed E-state index contributed by atoms with van der Waals surface area (Å²) in [5, 5.41) is 15.3. The van der Waals surface area contributed by atoms with Crippen molar-refractivity contribution in [1.29, 1.82) is 0 Å². The Balaban J connectivity index is 1.91. The zero-order valence-electron chi connectivity index (χ0n) is 11.2. The minimum atomic E-state index is -0.783. The minimum absolute atomic E-state index is 0.0928. The molecule has 3 N–H and O–H groups in total. The van der Waals surface area contributed by atoms with Crippen molar-refractivity contribution in [3.63, 3.8) is 0 Å². The molecule has 1 aliphatic rings. The molecule has 1 fully saturated rings. The number of anilines is 1. The van der Waals surface area contributed by atoms with Gasteiger partial charge in [-0.2, -0.15) is 0 Å². The number of rotatable bonds is 3. The van der Waals surface area contributed by atoms with E-state index in [-0.39, 0.29) is 18.0 Å². The van der Waals surface area contributed by atoms with Gasteiger partial charge in [0.05, 0.1) is 11.6 Å². The van der Waals surface area contributed by atoms with E-state index in [9.17, 15) is 9.59 Å². The SMILES string of the molecule is O=C(Nc1ccc(Cl)cc1I)NC1CCCC(C(=O)O)C1. The predicted molar refractivity (Wildman–Crippen MR) is 89.7 cm³/mol. The monoisotopic (exact) mass is 422 g/mol. The van der Waals surface area contributed by atoms with Crippen molar-refractivity contribution in [3.8, 4) is 0 Å². The molecule has 1 aromatic carbocycles. The third kappa shape index (κ3) is 4.74. The lowest BCUT2D eigenvalue weighted by Crippen LogP contribution is -2.42. The first-order chi connectivity index (χ1) is 9.95. The summed E-state index contributed by atoms with van der Waals surface area (Å²) in [7, 11) is 0. The Hall–Kier alpha value is -1.02. The summed E-state index contributed by atoms with van der Waals surface area (Å²) in [6.45, 7) is 0. The van der Waals surface area contributed by atoms with Gasteiger partial charge in [-0.15, -0.1) is 0 Å². The highest BCUT2D eigenvalue weighted by Gasteiger charge is 2.27. The van der Waals surface area contributed by atoms with E-state index in [0.717, 1.165) is 16.4 Å². The highest BCUT2D eigenvalue weighted by molar-refractivity contribution is 14.1. The number of carbonyl (C=O) groups is 2. The summed E-state index contributed by atoms with van der Waals surface area (Å²) >= 11 is 7.96. The first-order valence-electron chi connectivity index (χ1n) is 6.71. The summed E-state index contributed by atoms with van der Waals surface area (Å²) in [4.78, 5) is 23.0. The fraction of sp³-hybridized carbons (Fsp3) is 0.429. The second kappa shape index (κ2) is 7.31. The van der Waals surface area contributed by atoms with Crippen LogP contribution >= 0.6 is 34.2 Å². The van der Waals surface area contributed by atoms with Crippen LogP contribution < -0.4 is 10.6 Å². The Morgan fingerprint density at radius 3 is 2.76 bits per heavy atom. The van der Waals surface area contributed by atoms with E-state index >= 15 is 0 Å². The average molecular weight is 423 g/mol. The van der Waals surface area contributed by atoms with Crippen LogP contribution in [0, 0.1) is 9.49 Å². The molecule has 0 saturated heterocycles. The number of carboxylic acid groups (broad SMARTS) is 1. The van der Waals surface area contributed by atoms with E-state index in [2.05, 4.69) is 33.2 Å². The molecule has 2 unspecified atom stereocenters. The van der Waals surface area contributed by atoms with Gasteiger partial charge in [-0.05, 0) is 60.1 Å². The average Bonchev–Trinajstić information content (AvgIpc) is 2.42. The van der Waals surface area contributed by atoms with Crippen molar-refractivity contribution in [2.24, 2.45) is 5.92 Å². The molecule has 2 amide bonds. The van der Waals surface area contributed by atoms with Crippen molar-refractivity contribution in [2.75, 3.05) is 5.32 Å². The number of carboxylic acids is 1. The van der Waals surface area contributed by atoms with Crippen molar-refractivity contribution in [1.82, 2.24) is 5.32 Å². The lowest BCUT2D eigenvalue weighted by Gasteiger charge is -2.27. The molecule has 0 heterocycles. The molecule has 5 nitrogen and oxygen atoms in total. The molecular formula is C14H16ClIN2O3.